The van der Waals surface area contributed by atoms with Gasteiger partial charge in [0.25, 0.3) is 5.91 Å². The quantitative estimate of drug-likeness (QED) is 0.466. The van der Waals surface area contributed by atoms with Crippen LogP contribution in [0, 0.1) is 0 Å². The monoisotopic (exact) mass is 421 g/mol. The fraction of sp³-hybridized carbons (Fsp3) is 0.524. The fourth-order valence-electron chi connectivity index (χ4n) is 3.78. The predicted octanol–water partition coefficient (Wildman–Crippen LogP) is 2.88. The number of hydrogen-bond donors (Lipinski definition) is 3. The molecule has 2 N–H and O–H groups in total. The van der Waals surface area contributed by atoms with E-state index in [-0.39, 0.29) is 23.3 Å². The average Bonchev–Trinajstić information content (AvgIpc) is 3.11. The number of carbonyl (C=O) groups is 2. The average molecular weight is 422 g/mol. The number of amides is 2. The van der Waals surface area contributed by atoms with Gasteiger partial charge in [0.1, 0.15) is 0 Å². The van der Waals surface area contributed by atoms with Crippen LogP contribution in [0.25, 0.3) is 0 Å². The van der Waals surface area contributed by atoms with E-state index in [2.05, 4.69) is 37.7 Å². The summed E-state index contributed by atoms with van der Waals surface area (Å²) in [4.78, 5) is 26.9. The van der Waals surface area contributed by atoms with Crippen molar-refractivity contribution in [1.82, 2.24) is 9.62 Å². The van der Waals surface area contributed by atoms with E-state index in [1.54, 1.807) is 4.90 Å². The van der Waals surface area contributed by atoms with Gasteiger partial charge in [0.15, 0.2) is 0 Å². The van der Waals surface area contributed by atoms with Gasteiger partial charge < -0.3 is 10.2 Å². The Labute approximate surface area is 174 Å². The van der Waals surface area contributed by atoms with Crippen LogP contribution in [-0.4, -0.2) is 37.7 Å². The third kappa shape index (κ3) is 5.59. The standard InChI is InChI=1S/C21H31N3O4S/c1-13(2)16-8-6-9-17(14(3)4)20(16)23-21(26)18(12-22-29(27)28)19-10-7-11-24(19)15(5)25/h6,8-9,12-14,19,29H,7,10-11H2,1-5H3,(H,23,26)(H,22,27,28). The summed E-state index contributed by atoms with van der Waals surface area (Å²) in [5.41, 5.74) is 3.03. The van der Waals surface area contributed by atoms with Gasteiger partial charge in [-0.3, -0.25) is 14.3 Å². The molecule has 1 atom stereocenters. The van der Waals surface area contributed by atoms with E-state index in [0.717, 1.165) is 23.2 Å². The summed E-state index contributed by atoms with van der Waals surface area (Å²) in [6.45, 7) is 10.2. The van der Waals surface area contributed by atoms with Gasteiger partial charge in [-0.2, -0.15) is 0 Å². The van der Waals surface area contributed by atoms with Crippen molar-refractivity contribution in [2.75, 3.05) is 11.9 Å². The Kier molecular flexibility index (Phi) is 7.84. The van der Waals surface area contributed by atoms with Gasteiger partial charge >= 0.3 is 0 Å². The topological polar surface area (TPSA) is 95.6 Å². The molecule has 1 heterocycles. The zero-order valence-electron chi connectivity index (χ0n) is 17.7. The van der Waals surface area contributed by atoms with Gasteiger partial charge in [0.05, 0.1) is 11.6 Å². The minimum atomic E-state index is -2.90. The number of likely N-dealkylation sites (tertiary alicyclic amines) is 1. The maximum absolute atomic E-state index is 13.3. The lowest BCUT2D eigenvalue weighted by atomic mass is 9.92. The molecule has 1 aromatic rings. The van der Waals surface area contributed by atoms with Crippen molar-refractivity contribution in [3.63, 3.8) is 0 Å². The molecular weight excluding hydrogens is 390 g/mol. The second kappa shape index (κ2) is 9.91. The Morgan fingerprint density at radius 1 is 1.14 bits per heavy atom. The van der Waals surface area contributed by atoms with Crippen LogP contribution in [-0.2, 0) is 20.5 Å². The van der Waals surface area contributed by atoms with Crippen LogP contribution in [0.4, 0.5) is 5.69 Å². The SMILES string of the molecule is CC(=O)N1CCCC1C(=CN[SH](=O)=O)C(=O)Nc1c(C(C)C)cccc1C(C)C. The molecule has 2 amide bonds. The van der Waals surface area contributed by atoms with Gasteiger partial charge in [-0.25, -0.2) is 8.42 Å². The molecule has 1 unspecified atom stereocenters. The minimum absolute atomic E-state index is 0.136. The van der Waals surface area contributed by atoms with Crippen molar-refractivity contribution in [1.29, 1.82) is 0 Å². The van der Waals surface area contributed by atoms with Gasteiger partial charge in [-0.1, -0.05) is 45.9 Å². The molecule has 7 nitrogen and oxygen atoms in total. The highest BCUT2D eigenvalue weighted by Gasteiger charge is 2.33. The predicted molar refractivity (Wildman–Crippen MR) is 115 cm³/mol. The molecule has 0 saturated carbocycles. The minimum Gasteiger partial charge on any atom is -0.336 e. The lowest BCUT2D eigenvalue weighted by Crippen LogP contribution is -2.39. The van der Waals surface area contributed by atoms with E-state index in [9.17, 15) is 18.0 Å². The summed E-state index contributed by atoms with van der Waals surface area (Å²) in [5, 5.41) is 3.02. The fourth-order valence-corrected chi connectivity index (χ4v) is 4.03. The number of carbonyl (C=O) groups excluding carboxylic acids is 2. The molecular formula is C21H31N3O4S. The Morgan fingerprint density at radius 3 is 2.21 bits per heavy atom. The van der Waals surface area contributed by atoms with E-state index in [1.807, 2.05) is 18.2 Å². The van der Waals surface area contributed by atoms with Crippen LogP contribution in [0.15, 0.2) is 30.0 Å². The summed E-state index contributed by atoms with van der Waals surface area (Å²) in [6.07, 6.45) is 2.58. The highest BCUT2D eigenvalue weighted by molar-refractivity contribution is 7.70. The summed E-state index contributed by atoms with van der Waals surface area (Å²) >= 11 is 0. The lowest BCUT2D eigenvalue weighted by molar-refractivity contribution is -0.129. The number of para-hydroxylation sites is 1. The van der Waals surface area contributed by atoms with Crippen LogP contribution >= 0.6 is 0 Å². The molecule has 0 bridgehead atoms. The Bertz CT molecular complexity index is 840. The summed E-state index contributed by atoms with van der Waals surface area (Å²) < 4.78 is 24.4. The summed E-state index contributed by atoms with van der Waals surface area (Å²) in [6, 6.07) is 5.50. The lowest BCUT2D eigenvalue weighted by Gasteiger charge is -2.26. The molecule has 0 aliphatic carbocycles. The maximum atomic E-state index is 13.3. The van der Waals surface area contributed by atoms with E-state index < -0.39 is 22.8 Å². The van der Waals surface area contributed by atoms with Gasteiger partial charge in [0.2, 0.25) is 16.8 Å². The Balaban J connectivity index is 2.46. The normalized spacial score (nSPS) is 17.3. The largest absolute Gasteiger partial charge is 0.336 e. The molecule has 160 valence electrons. The third-order valence-electron chi connectivity index (χ3n) is 5.22. The molecule has 0 radical (unpaired) electrons. The molecule has 0 spiro atoms. The number of nitrogens with one attached hydrogen (secondary N) is 2. The van der Waals surface area contributed by atoms with Gasteiger partial charge in [-0.15, -0.1) is 0 Å². The Hall–Kier alpha value is -2.35. The molecule has 0 aromatic heterocycles. The molecule has 1 aromatic carbocycles. The molecule has 1 aliphatic rings. The van der Waals surface area contributed by atoms with Crippen molar-refractivity contribution in [3.8, 4) is 0 Å². The third-order valence-corrected chi connectivity index (χ3v) is 5.56. The molecule has 29 heavy (non-hydrogen) atoms. The first kappa shape index (κ1) is 22.9. The Morgan fingerprint density at radius 2 is 1.72 bits per heavy atom. The van der Waals surface area contributed by atoms with E-state index >= 15 is 0 Å². The van der Waals surface area contributed by atoms with Crippen LogP contribution < -0.4 is 10.0 Å². The van der Waals surface area contributed by atoms with Crippen molar-refractivity contribution in [2.24, 2.45) is 0 Å². The second-order valence-corrected chi connectivity index (χ2v) is 8.70. The first-order valence-corrected chi connectivity index (χ1v) is 11.1. The molecule has 1 fully saturated rings. The molecule has 2 rings (SSSR count). The van der Waals surface area contributed by atoms with Crippen molar-refractivity contribution in [3.05, 3.63) is 41.1 Å². The zero-order chi connectivity index (χ0) is 21.7. The van der Waals surface area contributed by atoms with Crippen LogP contribution in [0.5, 0.6) is 0 Å². The first-order valence-electron chi connectivity index (χ1n) is 9.95. The van der Waals surface area contributed by atoms with Gasteiger partial charge in [-0.05, 0) is 35.8 Å². The van der Waals surface area contributed by atoms with Crippen LogP contribution in [0.3, 0.4) is 0 Å². The zero-order valence-corrected chi connectivity index (χ0v) is 18.6. The van der Waals surface area contributed by atoms with Crippen LogP contribution in [0.1, 0.15) is 70.4 Å². The second-order valence-electron chi connectivity index (χ2n) is 7.93. The van der Waals surface area contributed by atoms with Crippen molar-refractivity contribution < 1.29 is 18.0 Å². The number of benzene rings is 1. The first-order chi connectivity index (χ1) is 13.6. The highest BCUT2D eigenvalue weighted by atomic mass is 32.2. The number of anilines is 1. The molecule has 1 saturated heterocycles. The highest BCUT2D eigenvalue weighted by Crippen LogP contribution is 2.33. The number of nitrogens with zero attached hydrogens (tertiary/aromatic N) is 1. The van der Waals surface area contributed by atoms with Crippen molar-refractivity contribution >= 4 is 28.4 Å². The van der Waals surface area contributed by atoms with E-state index in [4.69, 9.17) is 0 Å². The van der Waals surface area contributed by atoms with E-state index in [0.29, 0.717) is 13.0 Å². The summed E-state index contributed by atoms with van der Waals surface area (Å²) in [5.74, 6) is -0.137. The number of rotatable bonds is 7. The van der Waals surface area contributed by atoms with E-state index in [1.165, 1.54) is 13.1 Å². The van der Waals surface area contributed by atoms with Gasteiger partial charge in [0, 0.05) is 25.4 Å². The summed E-state index contributed by atoms with van der Waals surface area (Å²) in [7, 11) is -2.90. The maximum Gasteiger partial charge on any atom is 0.255 e. The smallest absolute Gasteiger partial charge is 0.255 e. The number of hydrogen-bond acceptors (Lipinski definition) is 4. The molecule has 1 aliphatic heterocycles. The number of thiol groups is 1. The van der Waals surface area contributed by atoms with Crippen LogP contribution in [0.2, 0.25) is 0 Å². The molecule has 8 heteroatoms. The van der Waals surface area contributed by atoms with Crippen molar-refractivity contribution in [2.45, 2.75) is 65.3 Å².